The Kier molecular flexibility index (Phi) is 3.59. The van der Waals surface area contributed by atoms with Crippen molar-refractivity contribution in [3.05, 3.63) is 70.8 Å². The van der Waals surface area contributed by atoms with Gasteiger partial charge in [-0.15, -0.1) is 0 Å². The molecule has 0 N–H and O–H groups in total. The Morgan fingerprint density at radius 2 is 1.68 bits per heavy atom. The summed E-state index contributed by atoms with van der Waals surface area (Å²) >= 11 is 0. The van der Waals surface area contributed by atoms with Crippen LogP contribution in [0.15, 0.2) is 48.5 Å². The summed E-state index contributed by atoms with van der Waals surface area (Å²) < 4.78 is 0. The summed E-state index contributed by atoms with van der Waals surface area (Å²) in [6, 6.07) is 18.9. The predicted octanol–water partition coefficient (Wildman–Crippen LogP) is 6.69. The number of hydrogen-bond donors (Lipinski definition) is 0. The number of aryl methyl sites for hydroxylation is 1. The smallest absolute Gasteiger partial charge is 0.0126 e. The average molecular weight is 331 g/mol. The van der Waals surface area contributed by atoms with E-state index in [1.807, 2.05) is 0 Å². The highest BCUT2D eigenvalue weighted by Crippen LogP contribution is 2.67. The van der Waals surface area contributed by atoms with Crippen LogP contribution in [0, 0.1) is 17.3 Å². The Morgan fingerprint density at radius 3 is 2.36 bits per heavy atom. The van der Waals surface area contributed by atoms with Gasteiger partial charge < -0.3 is 0 Å². The Labute approximate surface area is 152 Å². The van der Waals surface area contributed by atoms with E-state index < -0.39 is 0 Å². The Bertz CT molecular complexity index is 755. The summed E-state index contributed by atoms with van der Waals surface area (Å²) in [7, 11) is 0. The van der Waals surface area contributed by atoms with Crippen LogP contribution < -0.4 is 0 Å². The van der Waals surface area contributed by atoms with E-state index in [4.69, 9.17) is 0 Å². The fourth-order valence-electron chi connectivity index (χ4n) is 6.40. The van der Waals surface area contributed by atoms with Crippen LogP contribution in [0.3, 0.4) is 0 Å². The highest BCUT2D eigenvalue weighted by Gasteiger charge is 2.56. The topological polar surface area (TPSA) is 0 Å². The van der Waals surface area contributed by atoms with Gasteiger partial charge in [0.2, 0.25) is 0 Å². The van der Waals surface area contributed by atoms with Gasteiger partial charge in [-0.3, -0.25) is 0 Å². The zero-order chi connectivity index (χ0) is 17.0. The van der Waals surface area contributed by atoms with Gasteiger partial charge in [0, 0.05) is 5.92 Å². The summed E-state index contributed by atoms with van der Waals surface area (Å²) in [4.78, 5) is 0. The maximum Gasteiger partial charge on any atom is 0.0126 e. The normalized spacial score (nSPS) is 33.2. The van der Waals surface area contributed by atoms with Gasteiger partial charge in [0.05, 0.1) is 0 Å². The van der Waals surface area contributed by atoms with Gasteiger partial charge in [0.25, 0.3) is 0 Å². The largest absolute Gasteiger partial charge is 0.0620 e. The molecular formula is C25H30. The Hall–Kier alpha value is -1.56. The van der Waals surface area contributed by atoms with E-state index in [2.05, 4.69) is 62.4 Å². The monoisotopic (exact) mass is 330 g/mol. The summed E-state index contributed by atoms with van der Waals surface area (Å²) in [6.07, 6.45) is 8.69. The van der Waals surface area contributed by atoms with Gasteiger partial charge in [-0.25, -0.2) is 0 Å². The van der Waals surface area contributed by atoms with E-state index in [-0.39, 0.29) is 0 Å². The predicted molar refractivity (Wildman–Crippen MR) is 105 cm³/mol. The van der Waals surface area contributed by atoms with Crippen molar-refractivity contribution in [2.75, 3.05) is 0 Å². The van der Waals surface area contributed by atoms with Crippen LogP contribution in [0.2, 0.25) is 0 Å². The second-order valence-electron chi connectivity index (χ2n) is 9.32. The average Bonchev–Trinajstić information content (AvgIpc) is 3.22. The molecule has 6 rings (SSSR count). The Balaban J connectivity index is 1.58. The lowest BCUT2D eigenvalue weighted by molar-refractivity contribution is 0.0422. The minimum Gasteiger partial charge on any atom is -0.0620 e. The van der Waals surface area contributed by atoms with Crippen molar-refractivity contribution in [1.29, 1.82) is 0 Å². The van der Waals surface area contributed by atoms with Crippen molar-refractivity contribution in [1.82, 2.24) is 0 Å². The lowest BCUT2D eigenvalue weighted by Gasteiger charge is -2.50. The molecule has 3 saturated carbocycles. The first-order valence-electron chi connectivity index (χ1n) is 10.3. The first-order valence-corrected chi connectivity index (χ1v) is 10.3. The second-order valence-corrected chi connectivity index (χ2v) is 9.32. The third kappa shape index (κ3) is 2.40. The van der Waals surface area contributed by atoms with Crippen molar-refractivity contribution >= 4 is 0 Å². The summed E-state index contributed by atoms with van der Waals surface area (Å²) in [6.45, 7) is 4.58. The van der Waals surface area contributed by atoms with E-state index in [1.165, 1.54) is 44.1 Å². The van der Waals surface area contributed by atoms with Crippen molar-refractivity contribution in [3.63, 3.8) is 0 Å². The van der Waals surface area contributed by atoms with Gasteiger partial charge in [0.15, 0.2) is 0 Å². The zero-order valence-corrected chi connectivity index (χ0v) is 15.7. The molecule has 0 heteroatoms. The zero-order valence-electron chi connectivity index (χ0n) is 15.7. The van der Waals surface area contributed by atoms with Gasteiger partial charge in [-0.2, -0.15) is 0 Å². The minimum absolute atomic E-state index is 0.615. The maximum absolute atomic E-state index is 2.44. The van der Waals surface area contributed by atoms with Gasteiger partial charge >= 0.3 is 0 Å². The molecule has 0 heterocycles. The summed E-state index contributed by atoms with van der Waals surface area (Å²) in [5, 5.41) is 0. The highest BCUT2D eigenvalue weighted by molar-refractivity contribution is 5.43. The van der Waals surface area contributed by atoms with Gasteiger partial charge in [0.1, 0.15) is 0 Å². The molecule has 2 atom stereocenters. The van der Waals surface area contributed by atoms with Crippen LogP contribution in [-0.4, -0.2) is 0 Å². The lowest BCUT2D eigenvalue weighted by atomic mass is 9.54. The lowest BCUT2D eigenvalue weighted by Crippen LogP contribution is -2.41. The van der Waals surface area contributed by atoms with E-state index in [9.17, 15) is 0 Å². The first-order chi connectivity index (χ1) is 12.2. The van der Waals surface area contributed by atoms with Crippen LogP contribution >= 0.6 is 0 Å². The molecule has 4 aliphatic rings. The molecule has 0 radical (unpaired) electrons. The molecule has 2 unspecified atom stereocenters. The van der Waals surface area contributed by atoms with Gasteiger partial charge in [-0.1, -0.05) is 62.4 Å². The van der Waals surface area contributed by atoms with E-state index in [0.717, 1.165) is 11.8 Å². The van der Waals surface area contributed by atoms with E-state index >= 15 is 0 Å². The maximum atomic E-state index is 2.44. The quantitative estimate of drug-likeness (QED) is 0.588. The van der Waals surface area contributed by atoms with Crippen LogP contribution in [0.4, 0.5) is 0 Å². The fourth-order valence-corrected chi connectivity index (χ4v) is 6.40. The molecule has 0 aromatic heterocycles. The van der Waals surface area contributed by atoms with E-state index in [0.29, 0.717) is 17.3 Å². The van der Waals surface area contributed by atoms with Crippen LogP contribution in [0.1, 0.15) is 80.0 Å². The number of fused-ring (bicyclic) bond motifs is 2. The number of rotatable bonds is 3. The molecule has 0 saturated heterocycles. The molecule has 2 bridgehead atoms. The third-order valence-electron chi connectivity index (χ3n) is 7.71. The molecule has 0 amide bonds. The van der Waals surface area contributed by atoms with Crippen molar-refractivity contribution < 1.29 is 0 Å². The highest BCUT2D eigenvalue weighted by atomic mass is 14.6. The molecule has 0 spiro atoms. The molecule has 3 fully saturated rings. The van der Waals surface area contributed by atoms with Gasteiger partial charge in [-0.05, 0) is 83.9 Å². The molecule has 4 aliphatic carbocycles. The standard InChI is InChI=1S/C25H30/c1-17(2)19-7-9-21(10-8-19)24-22-6-4-3-5-20(22)11-12-23(24)25-14-13-18(15-25)16-25/h3-10,17-18,23-24H,11-16H2,1-2H3. The molecule has 0 nitrogen and oxygen atoms in total. The van der Waals surface area contributed by atoms with Crippen molar-refractivity contribution in [3.8, 4) is 0 Å². The summed E-state index contributed by atoms with van der Waals surface area (Å²) in [5.74, 6) is 3.14. The number of benzene rings is 2. The molecular weight excluding hydrogens is 300 g/mol. The minimum atomic E-state index is 0.615. The molecule has 130 valence electrons. The van der Waals surface area contributed by atoms with Crippen molar-refractivity contribution in [2.24, 2.45) is 17.3 Å². The third-order valence-corrected chi connectivity index (χ3v) is 7.71. The second kappa shape index (κ2) is 5.73. The SMILES string of the molecule is CC(C)c1ccc(C2c3ccccc3CCC2C23CCC(C2)C3)cc1. The molecule has 0 aliphatic heterocycles. The van der Waals surface area contributed by atoms with E-state index in [1.54, 1.807) is 16.7 Å². The van der Waals surface area contributed by atoms with Crippen LogP contribution in [0.25, 0.3) is 0 Å². The molecule has 2 aromatic carbocycles. The molecule has 2 aromatic rings. The fraction of sp³-hybridized carbons (Fsp3) is 0.520. The Morgan fingerprint density at radius 1 is 0.920 bits per heavy atom. The molecule has 25 heavy (non-hydrogen) atoms. The summed E-state index contributed by atoms with van der Waals surface area (Å²) in [5.41, 5.74) is 6.92. The first kappa shape index (κ1) is 15.7. The van der Waals surface area contributed by atoms with Crippen LogP contribution in [-0.2, 0) is 6.42 Å². The van der Waals surface area contributed by atoms with Crippen LogP contribution in [0.5, 0.6) is 0 Å². The number of hydrogen-bond acceptors (Lipinski definition) is 0. The van der Waals surface area contributed by atoms with Crippen molar-refractivity contribution in [2.45, 2.75) is 64.2 Å².